The molecule has 1 saturated carbocycles. The fourth-order valence-corrected chi connectivity index (χ4v) is 2.71. The normalized spacial score (nSPS) is 13.9. The van der Waals surface area contributed by atoms with Crippen molar-refractivity contribution < 1.29 is 9.53 Å². The van der Waals surface area contributed by atoms with Gasteiger partial charge in [0.15, 0.2) is 5.65 Å². The van der Waals surface area contributed by atoms with Crippen LogP contribution in [0, 0.1) is 5.92 Å². The number of nitrogens with one attached hydrogen (secondary N) is 1. The van der Waals surface area contributed by atoms with Crippen molar-refractivity contribution in [3.63, 3.8) is 0 Å². The van der Waals surface area contributed by atoms with Gasteiger partial charge in [0, 0.05) is 23.2 Å². The number of amides is 1. The Bertz CT molecular complexity index is 933. The second-order valence-electron chi connectivity index (χ2n) is 5.76. The third-order valence-corrected chi connectivity index (χ3v) is 4.29. The molecule has 1 aliphatic rings. The number of anilines is 1. The second-order valence-corrected chi connectivity index (χ2v) is 6.17. The summed E-state index contributed by atoms with van der Waals surface area (Å²) < 4.78 is 6.76. The Labute approximate surface area is 143 Å². The first-order valence-corrected chi connectivity index (χ1v) is 8.03. The fraction of sp³-hybridized carbons (Fsp3) is 0.235. The average molecular weight is 343 g/mol. The number of hydrogen-bond donors (Lipinski definition) is 1. The molecule has 2 heterocycles. The molecule has 122 valence electrons. The number of ether oxygens (including phenoxy) is 1. The Kier molecular flexibility index (Phi) is 3.61. The molecule has 1 fully saturated rings. The van der Waals surface area contributed by atoms with Crippen molar-refractivity contribution in [3.8, 4) is 17.1 Å². The number of nitrogens with zero attached hydrogens (tertiary/aromatic N) is 3. The zero-order chi connectivity index (χ0) is 16.7. The SMILES string of the molecule is COc1ccc2nc(-c3cc(NC(=O)C4CC4)ccc3Cl)cn2n1. The van der Waals surface area contributed by atoms with Crippen molar-refractivity contribution >= 4 is 28.8 Å². The summed E-state index contributed by atoms with van der Waals surface area (Å²) in [6, 6.07) is 8.96. The van der Waals surface area contributed by atoms with Crippen LogP contribution in [0.1, 0.15) is 12.8 Å². The van der Waals surface area contributed by atoms with Gasteiger partial charge in [-0.25, -0.2) is 9.50 Å². The maximum atomic E-state index is 11.9. The smallest absolute Gasteiger partial charge is 0.231 e. The lowest BCUT2D eigenvalue weighted by Crippen LogP contribution is -2.13. The van der Waals surface area contributed by atoms with Gasteiger partial charge in [-0.1, -0.05) is 11.6 Å². The van der Waals surface area contributed by atoms with Gasteiger partial charge in [0.25, 0.3) is 0 Å². The quantitative estimate of drug-likeness (QED) is 0.789. The highest BCUT2D eigenvalue weighted by Crippen LogP contribution is 2.33. The van der Waals surface area contributed by atoms with E-state index in [-0.39, 0.29) is 11.8 Å². The van der Waals surface area contributed by atoms with Gasteiger partial charge >= 0.3 is 0 Å². The highest BCUT2D eigenvalue weighted by Gasteiger charge is 2.29. The van der Waals surface area contributed by atoms with Crippen molar-refractivity contribution in [2.45, 2.75) is 12.8 Å². The Morgan fingerprint density at radius 1 is 1.33 bits per heavy atom. The van der Waals surface area contributed by atoms with Crippen LogP contribution in [0.15, 0.2) is 36.5 Å². The van der Waals surface area contributed by atoms with Gasteiger partial charge in [-0.05, 0) is 37.1 Å². The lowest BCUT2D eigenvalue weighted by molar-refractivity contribution is -0.117. The third kappa shape index (κ3) is 2.80. The zero-order valence-corrected chi connectivity index (χ0v) is 13.7. The van der Waals surface area contributed by atoms with E-state index in [4.69, 9.17) is 16.3 Å². The highest BCUT2D eigenvalue weighted by atomic mass is 35.5. The second kappa shape index (κ2) is 5.79. The summed E-state index contributed by atoms with van der Waals surface area (Å²) in [6.45, 7) is 0. The predicted molar refractivity (Wildman–Crippen MR) is 91.3 cm³/mol. The van der Waals surface area contributed by atoms with Crippen LogP contribution in [0.5, 0.6) is 5.88 Å². The van der Waals surface area contributed by atoms with Crippen LogP contribution >= 0.6 is 11.6 Å². The molecule has 24 heavy (non-hydrogen) atoms. The van der Waals surface area contributed by atoms with Gasteiger partial charge in [0.2, 0.25) is 11.8 Å². The number of carbonyl (C=O) groups excluding carboxylic acids is 1. The number of carbonyl (C=O) groups is 1. The van der Waals surface area contributed by atoms with Crippen LogP contribution in [0.4, 0.5) is 5.69 Å². The van der Waals surface area contributed by atoms with E-state index in [1.54, 1.807) is 36.0 Å². The fourth-order valence-electron chi connectivity index (χ4n) is 2.49. The van der Waals surface area contributed by atoms with Gasteiger partial charge in [0.1, 0.15) is 0 Å². The molecule has 7 heteroatoms. The van der Waals surface area contributed by atoms with E-state index < -0.39 is 0 Å². The minimum atomic E-state index is 0.0599. The summed E-state index contributed by atoms with van der Waals surface area (Å²) in [7, 11) is 1.56. The van der Waals surface area contributed by atoms with E-state index in [0.717, 1.165) is 18.4 Å². The number of rotatable bonds is 4. The van der Waals surface area contributed by atoms with E-state index in [2.05, 4.69) is 15.4 Å². The van der Waals surface area contributed by atoms with Crippen LogP contribution in [0.3, 0.4) is 0 Å². The van der Waals surface area contributed by atoms with Crippen molar-refractivity contribution in [1.29, 1.82) is 0 Å². The summed E-state index contributed by atoms with van der Waals surface area (Å²) in [6.07, 6.45) is 3.71. The molecule has 0 bridgehead atoms. The summed E-state index contributed by atoms with van der Waals surface area (Å²) in [4.78, 5) is 16.5. The van der Waals surface area contributed by atoms with E-state index in [9.17, 15) is 4.79 Å². The van der Waals surface area contributed by atoms with Crippen LogP contribution in [0.2, 0.25) is 5.02 Å². The van der Waals surface area contributed by atoms with Crippen molar-refractivity contribution in [2.24, 2.45) is 5.92 Å². The first kappa shape index (κ1) is 15.0. The maximum absolute atomic E-state index is 11.9. The van der Waals surface area contributed by atoms with Gasteiger partial charge in [0.05, 0.1) is 24.0 Å². The molecule has 4 rings (SSSR count). The van der Waals surface area contributed by atoms with E-state index >= 15 is 0 Å². The number of halogens is 1. The number of aromatic nitrogens is 3. The maximum Gasteiger partial charge on any atom is 0.231 e. The Hall–Kier alpha value is -2.60. The number of imidazole rings is 1. The van der Waals surface area contributed by atoms with Gasteiger partial charge in [-0.3, -0.25) is 4.79 Å². The molecule has 6 nitrogen and oxygen atoms in total. The Balaban J connectivity index is 1.70. The van der Waals surface area contributed by atoms with Crippen LogP contribution in [-0.4, -0.2) is 27.6 Å². The molecule has 0 atom stereocenters. The third-order valence-electron chi connectivity index (χ3n) is 3.96. The molecular weight excluding hydrogens is 328 g/mol. The standard InChI is InChI=1S/C17H15ClN4O2/c1-24-16-7-6-15-20-14(9-22(15)21-16)12-8-11(4-5-13(12)18)19-17(23)10-2-3-10/h4-10H,2-3H2,1H3,(H,19,23). The molecule has 1 aliphatic carbocycles. The van der Waals surface area contributed by atoms with E-state index in [0.29, 0.717) is 27.9 Å². The molecule has 0 spiro atoms. The molecule has 0 radical (unpaired) electrons. The largest absolute Gasteiger partial charge is 0.480 e. The monoisotopic (exact) mass is 342 g/mol. The molecule has 0 saturated heterocycles. The van der Waals surface area contributed by atoms with E-state index in [1.165, 1.54) is 0 Å². The van der Waals surface area contributed by atoms with Crippen molar-refractivity contribution in [3.05, 3.63) is 41.6 Å². The molecule has 0 aliphatic heterocycles. The molecule has 3 aromatic rings. The topological polar surface area (TPSA) is 68.5 Å². The summed E-state index contributed by atoms with van der Waals surface area (Å²) in [5.41, 5.74) is 2.83. The van der Waals surface area contributed by atoms with Crippen LogP contribution in [0.25, 0.3) is 16.9 Å². The molecule has 0 unspecified atom stereocenters. The first-order chi connectivity index (χ1) is 11.6. The minimum absolute atomic E-state index is 0.0599. The first-order valence-electron chi connectivity index (χ1n) is 7.65. The predicted octanol–water partition coefficient (Wildman–Crippen LogP) is 3.41. The van der Waals surface area contributed by atoms with Gasteiger partial charge < -0.3 is 10.1 Å². The van der Waals surface area contributed by atoms with Crippen molar-refractivity contribution in [1.82, 2.24) is 14.6 Å². The number of methoxy groups -OCH3 is 1. The molecule has 1 amide bonds. The average Bonchev–Trinajstić information content (AvgIpc) is 3.35. The number of fused-ring (bicyclic) bond motifs is 1. The van der Waals surface area contributed by atoms with Gasteiger partial charge in [-0.2, -0.15) is 0 Å². The lowest BCUT2D eigenvalue weighted by atomic mass is 10.1. The van der Waals surface area contributed by atoms with Gasteiger partial charge in [-0.15, -0.1) is 5.10 Å². The molecule has 1 N–H and O–H groups in total. The summed E-state index contributed by atoms with van der Waals surface area (Å²) in [5, 5.41) is 7.78. The molecule has 1 aromatic carbocycles. The van der Waals surface area contributed by atoms with E-state index in [1.807, 2.05) is 12.1 Å². The van der Waals surface area contributed by atoms with Crippen LogP contribution < -0.4 is 10.1 Å². The summed E-state index contributed by atoms with van der Waals surface area (Å²) >= 11 is 6.32. The number of hydrogen-bond acceptors (Lipinski definition) is 4. The Morgan fingerprint density at radius 2 is 2.17 bits per heavy atom. The Morgan fingerprint density at radius 3 is 2.92 bits per heavy atom. The van der Waals surface area contributed by atoms with Crippen molar-refractivity contribution in [2.75, 3.05) is 12.4 Å². The highest BCUT2D eigenvalue weighted by molar-refractivity contribution is 6.33. The zero-order valence-electron chi connectivity index (χ0n) is 13.0. The number of benzene rings is 1. The molecular formula is C17H15ClN4O2. The van der Waals surface area contributed by atoms with Crippen LogP contribution in [-0.2, 0) is 4.79 Å². The molecule has 2 aromatic heterocycles. The summed E-state index contributed by atoms with van der Waals surface area (Å²) in [5.74, 6) is 0.712. The minimum Gasteiger partial charge on any atom is -0.480 e. The lowest BCUT2D eigenvalue weighted by Gasteiger charge is -2.07.